The predicted octanol–water partition coefficient (Wildman–Crippen LogP) is 2.30. The molecule has 0 saturated carbocycles. The lowest BCUT2D eigenvalue weighted by molar-refractivity contribution is 0.214. The van der Waals surface area contributed by atoms with Crippen LogP contribution in [0.15, 0.2) is 0 Å². The molecule has 10 heavy (non-hydrogen) atoms. The van der Waals surface area contributed by atoms with Gasteiger partial charge in [0.25, 0.3) is 0 Å². The van der Waals surface area contributed by atoms with E-state index in [1.54, 1.807) is 0 Å². The van der Waals surface area contributed by atoms with Crippen LogP contribution in [-0.4, -0.2) is 22.7 Å². The highest BCUT2D eigenvalue weighted by Gasteiger charge is 2.21. The van der Waals surface area contributed by atoms with E-state index in [-0.39, 0.29) is 11.8 Å². The molecule has 0 aliphatic heterocycles. The van der Waals surface area contributed by atoms with Crippen molar-refractivity contribution in [3.63, 3.8) is 0 Å². The molecule has 6 heteroatoms. The molecule has 0 aromatic heterocycles. The number of hydrogen-bond donors (Lipinski definition) is 0. The number of alkyl halides is 3. The Morgan fingerprint density at radius 1 is 1.50 bits per heavy atom. The Kier molecular flexibility index (Phi) is 4.69. The van der Waals surface area contributed by atoms with Crippen molar-refractivity contribution in [1.82, 2.24) is 0 Å². The van der Waals surface area contributed by atoms with Gasteiger partial charge >= 0.3 is 5.24 Å². The maximum Gasteiger partial charge on any atom is 0.352 e. The van der Waals surface area contributed by atoms with Crippen LogP contribution in [0.2, 0.25) is 0 Å². The minimum atomic E-state index is -1.44. The summed E-state index contributed by atoms with van der Waals surface area (Å²) in [6.45, 7) is -0.107. The molecule has 0 radical (unpaired) electrons. The normalized spacial score (nSPS) is 10.8. The highest BCUT2D eigenvalue weighted by molar-refractivity contribution is 7.79. The zero-order valence-corrected chi connectivity index (χ0v) is 8.15. The fourth-order valence-corrected chi connectivity index (χ4v) is 0.422. The van der Waals surface area contributed by atoms with Gasteiger partial charge in [0.05, 0.1) is 7.11 Å². The molecular weight excluding hydrogens is 218 g/mol. The fraction of sp³-hybridized carbons (Fsp3) is 0.750. The molecule has 60 valence electrons. The summed E-state index contributed by atoms with van der Waals surface area (Å²) in [6, 6.07) is 0. The molecule has 0 bridgehead atoms. The van der Waals surface area contributed by atoms with Crippen molar-refractivity contribution >= 4 is 52.3 Å². The molecule has 0 fully saturated rings. The molecule has 0 rings (SSSR count). The standard InChI is InChI=1S/C4H5Cl3O2S/c1-8-3(10)9-2-4(5,6)7/h2H2,1H3. The van der Waals surface area contributed by atoms with E-state index < -0.39 is 3.79 Å². The number of hydrogen-bond acceptors (Lipinski definition) is 3. The highest BCUT2D eigenvalue weighted by atomic mass is 35.6. The van der Waals surface area contributed by atoms with Crippen molar-refractivity contribution in [3.05, 3.63) is 0 Å². The van der Waals surface area contributed by atoms with Gasteiger partial charge in [-0.3, -0.25) is 0 Å². The Balaban J connectivity index is 3.46. The number of halogens is 3. The van der Waals surface area contributed by atoms with Crippen LogP contribution in [0, 0.1) is 0 Å². The van der Waals surface area contributed by atoms with Crippen LogP contribution in [0.3, 0.4) is 0 Å². The Bertz CT molecular complexity index is 122. The first-order chi connectivity index (χ1) is 4.45. The Hall–Kier alpha value is 0.560. The van der Waals surface area contributed by atoms with Gasteiger partial charge < -0.3 is 9.47 Å². The van der Waals surface area contributed by atoms with Crippen LogP contribution >= 0.6 is 47.0 Å². The summed E-state index contributed by atoms with van der Waals surface area (Å²) < 4.78 is 7.71. The fourth-order valence-electron chi connectivity index (χ4n) is 0.200. The molecule has 0 N–H and O–H groups in total. The smallest absolute Gasteiger partial charge is 0.352 e. The SMILES string of the molecule is COC(=S)OCC(Cl)(Cl)Cl. The first kappa shape index (κ1) is 10.6. The first-order valence-corrected chi connectivity index (χ1v) is 3.77. The van der Waals surface area contributed by atoms with Crippen molar-refractivity contribution in [2.75, 3.05) is 13.7 Å². The van der Waals surface area contributed by atoms with E-state index in [0.29, 0.717) is 0 Å². The van der Waals surface area contributed by atoms with Crippen molar-refractivity contribution in [3.8, 4) is 0 Å². The van der Waals surface area contributed by atoms with Gasteiger partial charge in [-0.2, -0.15) is 0 Å². The van der Waals surface area contributed by atoms with Gasteiger partial charge in [0.2, 0.25) is 3.79 Å². The third-order valence-electron chi connectivity index (χ3n) is 0.520. The molecule has 0 amide bonds. The molecule has 2 nitrogen and oxygen atoms in total. The third-order valence-corrected chi connectivity index (χ3v) is 1.13. The number of ether oxygens (including phenoxy) is 2. The van der Waals surface area contributed by atoms with E-state index in [1.165, 1.54) is 7.11 Å². The summed E-state index contributed by atoms with van der Waals surface area (Å²) in [5.74, 6) is 0. The lowest BCUT2D eigenvalue weighted by atomic mass is 10.8. The second-order valence-electron chi connectivity index (χ2n) is 1.36. The average Bonchev–Trinajstić information content (AvgIpc) is 1.81. The lowest BCUT2D eigenvalue weighted by Gasteiger charge is -2.11. The number of methoxy groups -OCH3 is 1. The van der Waals surface area contributed by atoms with E-state index in [0.717, 1.165) is 0 Å². The van der Waals surface area contributed by atoms with E-state index in [1.807, 2.05) is 0 Å². The molecule has 0 atom stereocenters. The molecule has 0 saturated heterocycles. The molecule has 0 aromatic carbocycles. The van der Waals surface area contributed by atoms with E-state index in [2.05, 4.69) is 21.7 Å². The van der Waals surface area contributed by atoms with E-state index >= 15 is 0 Å². The largest absolute Gasteiger partial charge is 0.460 e. The molecule has 0 heterocycles. The Morgan fingerprint density at radius 2 is 2.00 bits per heavy atom. The number of thiocarbonyl (C=S) groups is 1. The third kappa shape index (κ3) is 6.68. The van der Waals surface area contributed by atoms with Gasteiger partial charge in [-0.1, -0.05) is 34.8 Å². The maximum absolute atomic E-state index is 5.32. The summed E-state index contributed by atoms with van der Waals surface area (Å²) in [4.78, 5) is 0. The number of rotatable bonds is 1. The van der Waals surface area contributed by atoms with Crippen LogP contribution < -0.4 is 0 Å². The monoisotopic (exact) mass is 222 g/mol. The van der Waals surface area contributed by atoms with Gasteiger partial charge in [0, 0.05) is 12.2 Å². The van der Waals surface area contributed by atoms with Gasteiger partial charge in [-0.25, -0.2) is 0 Å². The van der Waals surface area contributed by atoms with Gasteiger partial charge in [-0.05, 0) is 0 Å². The average molecular weight is 224 g/mol. The highest BCUT2D eigenvalue weighted by Crippen LogP contribution is 2.25. The second kappa shape index (κ2) is 4.44. The van der Waals surface area contributed by atoms with Crippen molar-refractivity contribution in [2.24, 2.45) is 0 Å². The minimum Gasteiger partial charge on any atom is -0.460 e. The van der Waals surface area contributed by atoms with Gasteiger partial charge in [0.15, 0.2) is 0 Å². The summed E-state index contributed by atoms with van der Waals surface area (Å²) in [5, 5.41) is -0.0358. The topological polar surface area (TPSA) is 18.5 Å². The summed E-state index contributed by atoms with van der Waals surface area (Å²) in [7, 11) is 1.38. The zero-order chi connectivity index (χ0) is 8.20. The quantitative estimate of drug-likeness (QED) is 0.502. The first-order valence-electron chi connectivity index (χ1n) is 2.23. The zero-order valence-electron chi connectivity index (χ0n) is 5.07. The summed E-state index contributed by atoms with van der Waals surface area (Å²) in [6.07, 6.45) is 0. The Labute approximate surface area is 79.3 Å². The van der Waals surface area contributed by atoms with E-state index in [4.69, 9.17) is 34.8 Å². The maximum atomic E-state index is 5.32. The van der Waals surface area contributed by atoms with Gasteiger partial charge in [-0.15, -0.1) is 0 Å². The molecule has 0 spiro atoms. The predicted molar refractivity (Wildman–Crippen MR) is 45.8 cm³/mol. The van der Waals surface area contributed by atoms with Gasteiger partial charge in [0.1, 0.15) is 6.61 Å². The molecule has 0 aliphatic carbocycles. The molecule has 0 unspecified atom stereocenters. The molecule has 0 aliphatic rings. The summed E-state index contributed by atoms with van der Waals surface area (Å²) in [5.41, 5.74) is 0. The van der Waals surface area contributed by atoms with Crippen LogP contribution in [0.1, 0.15) is 0 Å². The molecule has 0 aromatic rings. The minimum absolute atomic E-state index is 0.0358. The van der Waals surface area contributed by atoms with Crippen molar-refractivity contribution in [1.29, 1.82) is 0 Å². The Morgan fingerprint density at radius 3 is 2.30 bits per heavy atom. The van der Waals surface area contributed by atoms with Crippen LogP contribution in [0.25, 0.3) is 0 Å². The lowest BCUT2D eigenvalue weighted by Crippen LogP contribution is -2.16. The van der Waals surface area contributed by atoms with Crippen LogP contribution in [0.5, 0.6) is 0 Å². The van der Waals surface area contributed by atoms with Crippen molar-refractivity contribution < 1.29 is 9.47 Å². The van der Waals surface area contributed by atoms with Crippen molar-refractivity contribution in [2.45, 2.75) is 3.79 Å². The second-order valence-corrected chi connectivity index (χ2v) is 4.21. The van der Waals surface area contributed by atoms with E-state index in [9.17, 15) is 0 Å². The summed E-state index contributed by atoms with van der Waals surface area (Å²) >= 11 is 20.5. The van der Waals surface area contributed by atoms with Crippen LogP contribution in [0.4, 0.5) is 0 Å². The molecular formula is C4H5Cl3O2S. The van der Waals surface area contributed by atoms with Crippen LogP contribution in [-0.2, 0) is 9.47 Å².